The van der Waals surface area contributed by atoms with Crippen LogP contribution >= 0.6 is 0 Å². The van der Waals surface area contributed by atoms with Crippen molar-refractivity contribution in [2.24, 2.45) is 0 Å². The van der Waals surface area contributed by atoms with Crippen LogP contribution in [0.1, 0.15) is 0 Å². The van der Waals surface area contributed by atoms with E-state index in [2.05, 4.69) is 24.9 Å². The number of aromatic nitrogens is 5. The van der Waals surface area contributed by atoms with Gasteiger partial charge < -0.3 is 10.1 Å². The van der Waals surface area contributed by atoms with Crippen molar-refractivity contribution in [1.82, 2.24) is 24.9 Å². The molecule has 3 aromatic heterocycles. The van der Waals surface area contributed by atoms with Crippen molar-refractivity contribution in [2.75, 3.05) is 5.32 Å². The van der Waals surface area contributed by atoms with E-state index >= 15 is 0 Å². The first-order valence-electron chi connectivity index (χ1n) is 5.27. The van der Waals surface area contributed by atoms with Gasteiger partial charge in [0, 0.05) is 12.4 Å². The number of H-pyrrole nitrogens is 1. The number of nitrogens with zero attached hydrogens (tertiary/aromatic N) is 4. The second-order valence-corrected chi connectivity index (χ2v) is 3.29. The molecule has 3 N–H and O–H groups in total. The van der Waals surface area contributed by atoms with Gasteiger partial charge in [-0.05, 0) is 12.1 Å². The number of pyridine rings is 1. The molecule has 0 aliphatic heterocycles. The van der Waals surface area contributed by atoms with Gasteiger partial charge >= 0.3 is 6.09 Å². The molecule has 0 radical (unpaired) electrons. The number of carbonyl (C=O) groups is 1. The van der Waals surface area contributed by atoms with Crippen LogP contribution in [0.3, 0.4) is 0 Å². The average molecular weight is 258 g/mol. The van der Waals surface area contributed by atoms with Crippen LogP contribution in [0.5, 0.6) is 0 Å². The number of nitrogens with one attached hydrogen (secondary N) is 2. The van der Waals surface area contributed by atoms with Gasteiger partial charge in [-0.1, -0.05) is 6.07 Å². The molecule has 0 aromatic carbocycles. The standard InChI is InChI=1S/C6H5N5O2.C5H5N/c12-6(13)11-5-7-1-3-4(10-5)9-2-8-3;1-2-4-6-5-3-1/h1-2H,(H,12,13)(H2,7,8,9,10,11);1-5H. The Bertz CT molecular complexity index is 628. The first-order valence-corrected chi connectivity index (χ1v) is 5.27. The second kappa shape index (κ2) is 6.05. The molecule has 3 rings (SSSR count). The summed E-state index contributed by atoms with van der Waals surface area (Å²) in [6, 6.07) is 5.72. The lowest BCUT2D eigenvalue weighted by molar-refractivity contribution is 0.209. The summed E-state index contributed by atoms with van der Waals surface area (Å²) < 4.78 is 0. The van der Waals surface area contributed by atoms with Crippen molar-refractivity contribution in [3.05, 3.63) is 43.1 Å². The zero-order valence-electron chi connectivity index (χ0n) is 9.69. The zero-order chi connectivity index (χ0) is 13.5. The fourth-order valence-electron chi connectivity index (χ4n) is 1.20. The Morgan fingerprint density at radius 2 is 2.00 bits per heavy atom. The van der Waals surface area contributed by atoms with Gasteiger partial charge in [0.2, 0.25) is 5.95 Å². The van der Waals surface area contributed by atoms with E-state index in [1.54, 1.807) is 12.4 Å². The Morgan fingerprint density at radius 1 is 1.21 bits per heavy atom. The molecule has 8 nitrogen and oxygen atoms in total. The summed E-state index contributed by atoms with van der Waals surface area (Å²) in [5.41, 5.74) is 1.09. The highest BCUT2D eigenvalue weighted by Gasteiger charge is 2.03. The molecule has 0 atom stereocenters. The molecule has 3 aromatic rings. The molecule has 3 heterocycles. The lowest BCUT2D eigenvalue weighted by Gasteiger charge is -1.96. The maximum absolute atomic E-state index is 10.2. The summed E-state index contributed by atoms with van der Waals surface area (Å²) in [5.74, 6) is 0.0205. The summed E-state index contributed by atoms with van der Waals surface area (Å²) in [4.78, 5) is 28.2. The lowest BCUT2D eigenvalue weighted by atomic mass is 10.5. The molecule has 0 saturated carbocycles. The summed E-state index contributed by atoms with van der Waals surface area (Å²) in [6.45, 7) is 0. The molecule has 0 spiro atoms. The molecule has 1 amide bonds. The molecule has 0 saturated heterocycles. The predicted octanol–water partition coefficient (Wildman–Crippen LogP) is 1.52. The van der Waals surface area contributed by atoms with E-state index < -0.39 is 6.09 Å². The SMILES string of the molecule is O=C(O)Nc1ncc2[nH]cnc2n1.c1ccncc1. The summed E-state index contributed by atoms with van der Waals surface area (Å²) in [7, 11) is 0. The molecular formula is C11H10N6O2. The number of carboxylic acid groups (broad SMARTS) is 1. The average Bonchev–Trinajstić information content (AvgIpc) is 2.88. The third-order valence-corrected chi connectivity index (χ3v) is 1.96. The van der Waals surface area contributed by atoms with Crippen molar-refractivity contribution in [3.63, 3.8) is 0 Å². The maximum Gasteiger partial charge on any atom is 0.411 e. The lowest BCUT2D eigenvalue weighted by Crippen LogP contribution is -2.10. The number of aromatic amines is 1. The van der Waals surface area contributed by atoms with E-state index in [4.69, 9.17) is 5.11 Å². The molecule has 0 bridgehead atoms. The highest BCUT2D eigenvalue weighted by Crippen LogP contribution is 2.06. The van der Waals surface area contributed by atoms with Crippen LogP contribution in [0.2, 0.25) is 0 Å². The van der Waals surface area contributed by atoms with Crippen molar-refractivity contribution >= 4 is 23.2 Å². The molecule has 0 aliphatic carbocycles. The van der Waals surface area contributed by atoms with Crippen LogP contribution < -0.4 is 5.32 Å². The smallest absolute Gasteiger partial charge is 0.411 e. The van der Waals surface area contributed by atoms with Crippen molar-refractivity contribution in [2.45, 2.75) is 0 Å². The third kappa shape index (κ3) is 3.73. The minimum Gasteiger partial charge on any atom is -0.465 e. The number of hydrogen-bond donors (Lipinski definition) is 3. The van der Waals surface area contributed by atoms with Gasteiger partial charge in [-0.2, -0.15) is 4.98 Å². The minimum atomic E-state index is -1.20. The number of imidazole rings is 1. The van der Waals surface area contributed by atoms with E-state index in [1.807, 2.05) is 23.5 Å². The summed E-state index contributed by atoms with van der Waals surface area (Å²) in [5, 5.41) is 10.4. The second-order valence-electron chi connectivity index (χ2n) is 3.29. The quantitative estimate of drug-likeness (QED) is 0.609. The molecule has 8 heteroatoms. The molecular weight excluding hydrogens is 248 g/mol. The van der Waals surface area contributed by atoms with Crippen LogP contribution in [0, 0.1) is 0 Å². The maximum atomic E-state index is 10.2. The summed E-state index contributed by atoms with van der Waals surface area (Å²) >= 11 is 0. The topological polar surface area (TPSA) is 117 Å². The van der Waals surface area contributed by atoms with Gasteiger partial charge in [-0.25, -0.2) is 14.8 Å². The van der Waals surface area contributed by atoms with Gasteiger partial charge in [0.15, 0.2) is 5.65 Å². The molecule has 0 aliphatic rings. The largest absolute Gasteiger partial charge is 0.465 e. The van der Waals surface area contributed by atoms with Gasteiger partial charge in [0.05, 0.1) is 12.5 Å². The number of anilines is 1. The van der Waals surface area contributed by atoms with E-state index in [0.717, 1.165) is 0 Å². The van der Waals surface area contributed by atoms with E-state index in [9.17, 15) is 4.79 Å². The Labute approximate surface area is 107 Å². The highest BCUT2D eigenvalue weighted by molar-refractivity contribution is 5.81. The Hall–Kier alpha value is -3.03. The highest BCUT2D eigenvalue weighted by atomic mass is 16.4. The third-order valence-electron chi connectivity index (χ3n) is 1.96. The molecule has 0 fully saturated rings. The Kier molecular flexibility index (Phi) is 3.96. The van der Waals surface area contributed by atoms with E-state index in [0.29, 0.717) is 11.2 Å². The van der Waals surface area contributed by atoms with Gasteiger partial charge in [0.25, 0.3) is 0 Å². The van der Waals surface area contributed by atoms with Crippen LogP contribution in [-0.2, 0) is 0 Å². The van der Waals surface area contributed by atoms with Crippen LogP contribution in [0.25, 0.3) is 11.2 Å². The first kappa shape index (κ1) is 12.4. The van der Waals surface area contributed by atoms with Crippen LogP contribution in [0.4, 0.5) is 10.7 Å². The van der Waals surface area contributed by atoms with Gasteiger partial charge in [0.1, 0.15) is 5.52 Å². The van der Waals surface area contributed by atoms with E-state index in [-0.39, 0.29) is 5.95 Å². The fourth-order valence-corrected chi connectivity index (χ4v) is 1.20. The molecule has 0 unspecified atom stereocenters. The number of amides is 1. The Balaban J connectivity index is 0.000000186. The predicted molar refractivity (Wildman–Crippen MR) is 67.6 cm³/mol. The van der Waals surface area contributed by atoms with Gasteiger partial charge in [-0.15, -0.1) is 0 Å². The van der Waals surface area contributed by atoms with Gasteiger partial charge in [-0.3, -0.25) is 10.3 Å². The van der Waals surface area contributed by atoms with E-state index in [1.165, 1.54) is 12.5 Å². The molecule has 19 heavy (non-hydrogen) atoms. The van der Waals surface area contributed by atoms with Crippen LogP contribution in [0.15, 0.2) is 43.1 Å². The minimum absolute atomic E-state index is 0.0205. The monoisotopic (exact) mass is 258 g/mol. The first-order chi connectivity index (χ1) is 9.25. The number of rotatable bonds is 1. The van der Waals surface area contributed by atoms with Crippen molar-refractivity contribution in [1.29, 1.82) is 0 Å². The normalized spacial score (nSPS) is 9.47. The zero-order valence-corrected chi connectivity index (χ0v) is 9.69. The number of fused-ring (bicyclic) bond motifs is 1. The van der Waals surface area contributed by atoms with Crippen LogP contribution in [-0.4, -0.2) is 36.1 Å². The van der Waals surface area contributed by atoms with Crippen molar-refractivity contribution < 1.29 is 9.90 Å². The Morgan fingerprint density at radius 3 is 2.58 bits per heavy atom. The van der Waals surface area contributed by atoms with Crippen molar-refractivity contribution in [3.8, 4) is 0 Å². The molecule has 96 valence electrons. The summed E-state index contributed by atoms with van der Waals surface area (Å²) in [6.07, 6.45) is 5.22. The fraction of sp³-hybridized carbons (Fsp3) is 0. The number of hydrogen-bond acceptors (Lipinski definition) is 5.